The van der Waals surface area contributed by atoms with Gasteiger partial charge in [-0.05, 0) is 27.7 Å². The summed E-state index contributed by atoms with van der Waals surface area (Å²) in [4.78, 5) is 0. The minimum Gasteiger partial charge on any atom is -0.872 e. The molecule has 4 aromatic rings. The summed E-state index contributed by atoms with van der Waals surface area (Å²) < 4.78 is 0. The summed E-state index contributed by atoms with van der Waals surface area (Å²) in [5.74, 6) is 0.317. The Labute approximate surface area is 232 Å². The van der Waals surface area contributed by atoms with Gasteiger partial charge in [-0.15, -0.1) is 23.0 Å². The number of hydrogen-bond donors (Lipinski definition) is 0. The molecule has 34 heavy (non-hydrogen) atoms. The average molecular weight is 524 g/mol. The van der Waals surface area contributed by atoms with Gasteiger partial charge in [-0.3, -0.25) is 0 Å². The zero-order valence-electron chi connectivity index (χ0n) is 19.9. The van der Waals surface area contributed by atoms with Gasteiger partial charge >= 0.3 is 43.4 Å². The van der Waals surface area contributed by atoms with Crippen LogP contribution in [0.1, 0.15) is 22.3 Å². The third-order valence-corrected chi connectivity index (χ3v) is 4.08. The molecule has 0 radical (unpaired) electrons. The molecule has 0 unspecified atom stereocenters. The molecular formula is C28H28O4Ti2. The predicted octanol–water partition coefficient (Wildman–Crippen LogP) is 4.27. The van der Waals surface area contributed by atoms with Gasteiger partial charge < -0.3 is 20.4 Å². The monoisotopic (exact) mass is 524 g/mol. The zero-order valence-corrected chi connectivity index (χ0v) is 23.0. The molecule has 0 heterocycles. The summed E-state index contributed by atoms with van der Waals surface area (Å²) in [6, 6.07) is 27.0. The van der Waals surface area contributed by atoms with Crippen molar-refractivity contribution < 1.29 is 63.9 Å². The van der Waals surface area contributed by atoms with Crippen molar-refractivity contribution in [1.82, 2.24) is 0 Å². The molecule has 4 aromatic carbocycles. The van der Waals surface area contributed by atoms with Crippen molar-refractivity contribution >= 4 is 0 Å². The fraction of sp³-hybridized carbons (Fsp3) is 0.143. The second-order valence-electron chi connectivity index (χ2n) is 7.25. The second kappa shape index (κ2) is 18.9. The molecule has 0 aliphatic heterocycles. The van der Waals surface area contributed by atoms with Crippen LogP contribution < -0.4 is 20.4 Å². The van der Waals surface area contributed by atoms with Crippen LogP contribution in [0.4, 0.5) is 0 Å². The first kappa shape index (κ1) is 33.7. The molecule has 0 aromatic heterocycles. The van der Waals surface area contributed by atoms with E-state index >= 15 is 0 Å². The first-order chi connectivity index (χ1) is 15.2. The van der Waals surface area contributed by atoms with Crippen molar-refractivity contribution in [3.63, 3.8) is 0 Å². The molecule has 0 amide bonds. The van der Waals surface area contributed by atoms with Gasteiger partial charge in [0.25, 0.3) is 0 Å². The van der Waals surface area contributed by atoms with Gasteiger partial charge in [0, 0.05) is 0 Å². The fourth-order valence-electron chi connectivity index (χ4n) is 2.15. The molecule has 6 heteroatoms. The summed E-state index contributed by atoms with van der Waals surface area (Å²) in [6.07, 6.45) is 0. The molecule has 0 atom stereocenters. The molecule has 0 saturated carbocycles. The average Bonchev–Trinajstić information content (AvgIpc) is 2.78. The Kier molecular flexibility index (Phi) is 18.7. The van der Waals surface area contributed by atoms with Crippen molar-refractivity contribution in [2.45, 2.75) is 27.7 Å². The summed E-state index contributed by atoms with van der Waals surface area (Å²) in [6.45, 7) is 7.83. The Hall–Kier alpha value is -2.49. The SMILES string of the molecule is Cc1ccc([O-])cc1.Cc1ccc([O-])cc1.Cc1ccc([O-])cc1.Cc1ccc([O-])cc1.[Ti+2].[Ti+2]. The van der Waals surface area contributed by atoms with Crippen molar-refractivity contribution in [2.75, 3.05) is 0 Å². The van der Waals surface area contributed by atoms with Crippen LogP contribution >= 0.6 is 0 Å². The number of benzene rings is 4. The molecule has 4 rings (SSSR count). The molecule has 0 fully saturated rings. The van der Waals surface area contributed by atoms with Gasteiger partial charge in [0.2, 0.25) is 0 Å². The van der Waals surface area contributed by atoms with E-state index in [1.807, 2.05) is 76.2 Å². The van der Waals surface area contributed by atoms with Gasteiger partial charge in [0.15, 0.2) is 0 Å². The summed E-state index contributed by atoms with van der Waals surface area (Å²) >= 11 is 0. The molecule has 0 aliphatic rings. The maximum Gasteiger partial charge on any atom is 2.00 e. The van der Waals surface area contributed by atoms with Crippen LogP contribution in [0.5, 0.6) is 23.0 Å². The van der Waals surface area contributed by atoms with E-state index in [-0.39, 0.29) is 66.4 Å². The Bertz CT molecular complexity index is 758. The van der Waals surface area contributed by atoms with Crippen molar-refractivity contribution in [1.29, 1.82) is 0 Å². The largest absolute Gasteiger partial charge is 2.00 e. The quantitative estimate of drug-likeness (QED) is 0.322. The Morgan fingerprint density at radius 2 is 0.412 bits per heavy atom. The van der Waals surface area contributed by atoms with E-state index in [0.29, 0.717) is 0 Å². The van der Waals surface area contributed by atoms with E-state index in [1.165, 1.54) is 0 Å². The van der Waals surface area contributed by atoms with E-state index in [2.05, 4.69) is 0 Å². The number of rotatable bonds is 0. The van der Waals surface area contributed by atoms with Gasteiger partial charge in [0.1, 0.15) is 0 Å². The van der Waals surface area contributed by atoms with E-state index in [1.54, 1.807) is 48.5 Å². The van der Waals surface area contributed by atoms with Gasteiger partial charge in [0.05, 0.1) is 0 Å². The molecule has 0 aliphatic carbocycles. The standard InChI is InChI=1S/4C7H8O.2Ti/c4*1-6-2-4-7(8)5-3-6;;/h4*2-5,8H,1H3;;/q;;;;2*+2/p-4. The molecule has 0 saturated heterocycles. The van der Waals surface area contributed by atoms with Gasteiger partial charge in [-0.2, -0.15) is 0 Å². The van der Waals surface area contributed by atoms with Crippen LogP contribution in [0.3, 0.4) is 0 Å². The molecule has 4 nitrogen and oxygen atoms in total. The summed E-state index contributed by atoms with van der Waals surface area (Å²) in [5.41, 5.74) is 4.52. The third-order valence-electron chi connectivity index (χ3n) is 4.08. The van der Waals surface area contributed by atoms with Gasteiger partial charge in [-0.1, -0.05) is 119 Å². The fourth-order valence-corrected chi connectivity index (χ4v) is 2.15. The topological polar surface area (TPSA) is 92.2 Å². The maximum absolute atomic E-state index is 10.4. The maximum atomic E-state index is 10.4. The minimum absolute atomic E-state index is 0. The zero-order chi connectivity index (χ0) is 23.9. The van der Waals surface area contributed by atoms with Crippen LogP contribution in [0, 0.1) is 27.7 Å². The summed E-state index contributed by atoms with van der Waals surface area (Å²) in [7, 11) is 0. The predicted molar refractivity (Wildman–Crippen MR) is 123 cm³/mol. The van der Waals surface area contributed by atoms with Crippen molar-refractivity contribution in [3.05, 3.63) is 119 Å². The van der Waals surface area contributed by atoms with E-state index in [9.17, 15) is 20.4 Å². The first-order valence-electron chi connectivity index (χ1n) is 10.1. The van der Waals surface area contributed by atoms with Crippen LogP contribution in [0.15, 0.2) is 97.1 Å². The van der Waals surface area contributed by atoms with Crippen LogP contribution in [-0.4, -0.2) is 0 Å². The normalized spacial score (nSPS) is 8.59. The molecule has 0 bridgehead atoms. The first-order valence-corrected chi connectivity index (χ1v) is 10.1. The third kappa shape index (κ3) is 17.0. The van der Waals surface area contributed by atoms with E-state index in [4.69, 9.17) is 0 Å². The smallest absolute Gasteiger partial charge is 0.872 e. The Morgan fingerprint density at radius 3 is 0.500 bits per heavy atom. The van der Waals surface area contributed by atoms with Crippen molar-refractivity contribution in [3.8, 4) is 23.0 Å². The molecule has 0 N–H and O–H groups in total. The number of hydrogen-bond acceptors (Lipinski definition) is 4. The van der Waals surface area contributed by atoms with Crippen molar-refractivity contribution in [2.24, 2.45) is 0 Å². The van der Waals surface area contributed by atoms with Crippen LogP contribution in [-0.2, 0) is 43.4 Å². The van der Waals surface area contributed by atoms with Crippen LogP contribution in [0.25, 0.3) is 0 Å². The molecular weight excluding hydrogens is 496 g/mol. The van der Waals surface area contributed by atoms with E-state index < -0.39 is 0 Å². The molecule has 172 valence electrons. The van der Waals surface area contributed by atoms with Crippen LogP contribution in [0.2, 0.25) is 0 Å². The minimum atomic E-state index is 0. The Balaban J connectivity index is 0. The Morgan fingerprint density at radius 1 is 0.294 bits per heavy atom. The molecule has 0 spiro atoms. The second-order valence-corrected chi connectivity index (χ2v) is 7.25. The van der Waals surface area contributed by atoms with E-state index in [0.717, 1.165) is 22.3 Å². The summed E-state index contributed by atoms with van der Waals surface area (Å²) in [5, 5.41) is 41.7. The number of aryl methyl sites for hydroxylation is 4. The van der Waals surface area contributed by atoms with Gasteiger partial charge in [-0.25, -0.2) is 0 Å².